The van der Waals surface area contributed by atoms with Gasteiger partial charge in [0.1, 0.15) is 5.82 Å². The molecule has 0 saturated carbocycles. The second-order valence-electron chi connectivity index (χ2n) is 8.16. The molecular formula is C26H19F3N4OS. The molecule has 35 heavy (non-hydrogen) atoms. The highest BCUT2D eigenvalue weighted by molar-refractivity contribution is 7.80. The number of thiocarbonyl (C=S) groups is 1. The molecule has 4 aromatic rings. The van der Waals surface area contributed by atoms with Crippen LogP contribution in [0, 0.1) is 24.4 Å². The Kier molecular flexibility index (Phi) is 5.86. The predicted octanol–water partition coefficient (Wildman–Crippen LogP) is 6.33. The van der Waals surface area contributed by atoms with Crippen molar-refractivity contribution in [2.45, 2.75) is 19.9 Å². The Hall–Kier alpha value is -3.98. The summed E-state index contributed by atoms with van der Waals surface area (Å²) >= 11 is 5.62. The van der Waals surface area contributed by atoms with Crippen molar-refractivity contribution >= 4 is 28.6 Å². The van der Waals surface area contributed by atoms with Crippen LogP contribution in [-0.2, 0) is 0 Å². The van der Waals surface area contributed by atoms with E-state index in [0.717, 1.165) is 23.3 Å². The molecule has 1 aromatic heterocycles. The molecule has 5 rings (SSSR count). The molecule has 0 radical (unpaired) electrons. The summed E-state index contributed by atoms with van der Waals surface area (Å²) in [7, 11) is 0. The van der Waals surface area contributed by atoms with Crippen LogP contribution in [0.3, 0.4) is 0 Å². The number of nitrogens with zero attached hydrogens (tertiary/aromatic N) is 3. The van der Waals surface area contributed by atoms with E-state index in [0.29, 0.717) is 27.6 Å². The summed E-state index contributed by atoms with van der Waals surface area (Å²) in [5, 5.41) is 7.61. The summed E-state index contributed by atoms with van der Waals surface area (Å²) in [5.74, 6) is -1.96. The highest BCUT2D eigenvalue weighted by atomic mass is 32.1. The first kappa shape index (κ1) is 22.8. The largest absolute Gasteiger partial charge is 0.351 e. The molecule has 2 heterocycles. The molecule has 0 fully saturated rings. The Bertz CT molecular complexity index is 1470. The number of anilines is 1. The number of benzene rings is 3. The third-order valence-electron chi connectivity index (χ3n) is 5.80. The summed E-state index contributed by atoms with van der Waals surface area (Å²) in [4.78, 5) is 6.11. The van der Waals surface area contributed by atoms with E-state index >= 15 is 0 Å². The van der Waals surface area contributed by atoms with Crippen LogP contribution >= 0.6 is 12.2 Å². The zero-order valence-corrected chi connectivity index (χ0v) is 19.5. The van der Waals surface area contributed by atoms with Crippen molar-refractivity contribution in [3.63, 3.8) is 0 Å². The zero-order chi connectivity index (χ0) is 24.7. The van der Waals surface area contributed by atoms with E-state index in [2.05, 4.69) is 15.5 Å². The molecule has 1 aliphatic rings. The lowest BCUT2D eigenvalue weighted by Gasteiger charge is -2.37. The average Bonchev–Trinajstić information content (AvgIpc) is 3.31. The van der Waals surface area contributed by atoms with Crippen LogP contribution in [0.4, 0.5) is 18.9 Å². The second kappa shape index (κ2) is 8.99. The minimum absolute atomic E-state index is 0.190. The molecule has 0 spiro atoms. The fraction of sp³-hybridized carbons (Fsp3) is 0.115. The van der Waals surface area contributed by atoms with Gasteiger partial charge in [0.25, 0.3) is 5.89 Å². The molecule has 0 bridgehead atoms. The van der Waals surface area contributed by atoms with Crippen LogP contribution in [0.2, 0.25) is 0 Å². The first-order valence-electron chi connectivity index (χ1n) is 10.7. The number of allylic oxidation sites excluding steroid dienone is 1. The van der Waals surface area contributed by atoms with E-state index in [9.17, 15) is 13.2 Å². The molecule has 0 aliphatic carbocycles. The second-order valence-corrected chi connectivity index (χ2v) is 8.55. The van der Waals surface area contributed by atoms with Crippen LogP contribution < -0.4 is 10.2 Å². The summed E-state index contributed by atoms with van der Waals surface area (Å²) in [6, 6.07) is 16.8. The number of halogens is 3. The number of nitrogens with one attached hydrogen (secondary N) is 1. The quantitative estimate of drug-likeness (QED) is 0.336. The standard InChI is InChI=1S/C26H19F3N4OS/c1-14-6-8-16(9-7-14)23-22(25-31-24(32-34-25)17-4-3-5-18(27)12-17)15(2)33(26(35)30-23)19-10-11-20(28)21(29)13-19/h3-13,23H,1-2H3,(H,30,35). The number of rotatable bonds is 4. The fourth-order valence-electron chi connectivity index (χ4n) is 4.04. The Morgan fingerprint density at radius 2 is 1.71 bits per heavy atom. The third-order valence-corrected chi connectivity index (χ3v) is 6.10. The first-order valence-corrected chi connectivity index (χ1v) is 11.2. The Balaban J connectivity index is 1.66. The molecule has 1 N–H and O–H groups in total. The van der Waals surface area contributed by atoms with Crippen LogP contribution in [0.5, 0.6) is 0 Å². The van der Waals surface area contributed by atoms with Gasteiger partial charge in [-0.3, -0.25) is 4.90 Å². The van der Waals surface area contributed by atoms with E-state index in [1.807, 2.05) is 31.2 Å². The maximum absolute atomic E-state index is 14.1. The van der Waals surface area contributed by atoms with Crippen molar-refractivity contribution in [1.29, 1.82) is 0 Å². The van der Waals surface area contributed by atoms with E-state index < -0.39 is 23.5 Å². The van der Waals surface area contributed by atoms with Gasteiger partial charge >= 0.3 is 0 Å². The molecule has 1 aliphatic heterocycles. The smallest absolute Gasteiger partial charge is 0.258 e. The minimum atomic E-state index is -0.994. The lowest BCUT2D eigenvalue weighted by molar-refractivity contribution is 0.404. The van der Waals surface area contributed by atoms with Crippen LogP contribution in [0.25, 0.3) is 17.0 Å². The average molecular weight is 493 g/mol. The van der Waals surface area contributed by atoms with E-state index in [1.54, 1.807) is 24.0 Å². The lowest BCUT2D eigenvalue weighted by Crippen LogP contribution is -2.46. The van der Waals surface area contributed by atoms with Crippen molar-refractivity contribution in [3.8, 4) is 11.4 Å². The van der Waals surface area contributed by atoms with Gasteiger partial charge in [0.15, 0.2) is 16.7 Å². The SMILES string of the molecule is CC1=C(c2nc(-c3cccc(F)c3)no2)C(c2ccc(C)cc2)NC(=S)N1c1ccc(F)c(F)c1. The Labute approximate surface area is 204 Å². The molecule has 9 heteroatoms. The first-order chi connectivity index (χ1) is 16.8. The van der Waals surface area contributed by atoms with Crippen LogP contribution in [0.15, 0.2) is 77.0 Å². The minimum Gasteiger partial charge on any atom is -0.351 e. The fourth-order valence-corrected chi connectivity index (χ4v) is 4.40. The molecular weight excluding hydrogens is 473 g/mol. The van der Waals surface area contributed by atoms with Crippen molar-refractivity contribution in [2.24, 2.45) is 0 Å². The van der Waals surface area contributed by atoms with Crippen molar-refractivity contribution < 1.29 is 17.7 Å². The molecule has 0 amide bonds. The van der Waals surface area contributed by atoms with E-state index in [1.165, 1.54) is 18.2 Å². The van der Waals surface area contributed by atoms with E-state index in [4.69, 9.17) is 16.7 Å². The van der Waals surface area contributed by atoms with Gasteiger partial charge in [0, 0.05) is 17.3 Å². The summed E-state index contributed by atoms with van der Waals surface area (Å²) in [5.41, 5.74) is 3.97. The predicted molar refractivity (Wildman–Crippen MR) is 131 cm³/mol. The zero-order valence-electron chi connectivity index (χ0n) is 18.7. The normalized spacial score (nSPS) is 16.0. The van der Waals surface area contributed by atoms with Crippen LogP contribution in [-0.4, -0.2) is 15.3 Å². The molecule has 0 saturated heterocycles. The molecule has 3 aromatic carbocycles. The summed E-state index contributed by atoms with van der Waals surface area (Å²) in [6.45, 7) is 3.77. The van der Waals surface area contributed by atoms with Crippen molar-refractivity contribution in [1.82, 2.24) is 15.5 Å². The van der Waals surface area contributed by atoms with Crippen molar-refractivity contribution in [3.05, 3.63) is 107 Å². The molecule has 1 atom stereocenters. The van der Waals surface area contributed by atoms with Gasteiger partial charge < -0.3 is 9.84 Å². The highest BCUT2D eigenvalue weighted by Gasteiger charge is 2.35. The van der Waals surface area contributed by atoms with E-state index in [-0.39, 0.29) is 11.7 Å². The van der Waals surface area contributed by atoms with Crippen LogP contribution in [0.1, 0.15) is 30.0 Å². The monoisotopic (exact) mass is 492 g/mol. The van der Waals surface area contributed by atoms with Gasteiger partial charge in [-0.2, -0.15) is 4.98 Å². The third kappa shape index (κ3) is 4.30. The van der Waals surface area contributed by atoms with Gasteiger partial charge in [0.05, 0.1) is 17.3 Å². The van der Waals surface area contributed by atoms with Crippen molar-refractivity contribution in [2.75, 3.05) is 4.90 Å². The molecule has 176 valence electrons. The maximum Gasteiger partial charge on any atom is 0.258 e. The topological polar surface area (TPSA) is 54.2 Å². The van der Waals surface area contributed by atoms with Gasteiger partial charge in [-0.1, -0.05) is 47.1 Å². The number of aromatic nitrogens is 2. The van der Waals surface area contributed by atoms with Gasteiger partial charge in [-0.05, 0) is 55.9 Å². The highest BCUT2D eigenvalue weighted by Crippen LogP contribution is 2.39. The molecule has 5 nitrogen and oxygen atoms in total. The summed E-state index contributed by atoms with van der Waals surface area (Å²) < 4.78 is 47.0. The number of hydrogen-bond acceptors (Lipinski definition) is 4. The Morgan fingerprint density at radius 1 is 0.943 bits per heavy atom. The van der Waals surface area contributed by atoms with Gasteiger partial charge in [-0.15, -0.1) is 0 Å². The number of aryl methyl sites for hydroxylation is 1. The Morgan fingerprint density at radius 3 is 2.43 bits per heavy atom. The van der Waals surface area contributed by atoms with Gasteiger partial charge in [-0.25, -0.2) is 13.2 Å². The van der Waals surface area contributed by atoms with Gasteiger partial charge in [0.2, 0.25) is 5.82 Å². The lowest BCUT2D eigenvalue weighted by atomic mass is 9.94. The molecule has 1 unspecified atom stereocenters. The summed E-state index contributed by atoms with van der Waals surface area (Å²) in [6.07, 6.45) is 0. The number of hydrogen-bond donors (Lipinski definition) is 1. The maximum atomic E-state index is 14.1.